The van der Waals surface area contributed by atoms with Gasteiger partial charge >= 0.3 is 5.97 Å². The van der Waals surface area contributed by atoms with Crippen molar-refractivity contribution in [1.82, 2.24) is 4.90 Å². The van der Waals surface area contributed by atoms with Gasteiger partial charge in [0.25, 0.3) is 5.91 Å². The van der Waals surface area contributed by atoms with Gasteiger partial charge < -0.3 is 19.6 Å². The van der Waals surface area contributed by atoms with Crippen LogP contribution in [0.15, 0.2) is 42.5 Å². The van der Waals surface area contributed by atoms with Crippen molar-refractivity contribution in [3.63, 3.8) is 0 Å². The number of ether oxygens (including phenoxy) is 1. The summed E-state index contributed by atoms with van der Waals surface area (Å²) in [5.41, 5.74) is 2.83. The number of allylic oxidation sites excluding steroid dienone is 1. The number of carbonyl (C=O) groups excluding carboxylic acids is 3. The highest BCUT2D eigenvalue weighted by molar-refractivity contribution is 8.02. The van der Waals surface area contributed by atoms with Crippen molar-refractivity contribution >= 4 is 35.2 Å². The Bertz CT molecular complexity index is 1160. The van der Waals surface area contributed by atoms with Crippen molar-refractivity contribution in [2.75, 3.05) is 24.7 Å². The molecule has 2 saturated heterocycles. The van der Waals surface area contributed by atoms with Crippen molar-refractivity contribution in [3.05, 3.63) is 53.6 Å². The summed E-state index contributed by atoms with van der Waals surface area (Å²) < 4.78 is 4.70. The maximum atomic E-state index is 14.6. The summed E-state index contributed by atoms with van der Waals surface area (Å²) in [6.07, 6.45) is 9.61. The van der Waals surface area contributed by atoms with Gasteiger partial charge in [0.1, 0.15) is 6.04 Å². The summed E-state index contributed by atoms with van der Waals surface area (Å²) in [5.74, 6) is -2.30. The van der Waals surface area contributed by atoms with Crippen LogP contribution in [-0.4, -0.2) is 69.6 Å². The number of carbonyl (C=O) groups is 3. The highest BCUT2D eigenvalue weighted by Gasteiger charge is 2.71. The van der Waals surface area contributed by atoms with Gasteiger partial charge in [-0.1, -0.05) is 50.3 Å². The molecule has 0 aromatic heterocycles. The molecule has 0 bridgehead atoms. The molecule has 2 amide bonds. The van der Waals surface area contributed by atoms with Gasteiger partial charge in [0, 0.05) is 17.5 Å². The molecule has 4 aliphatic rings. The Morgan fingerprint density at radius 3 is 2.68 bits per heavy atom. The van der Waals surface area contributed by atoms with Gasteiger partial charge in [0.05, 0.1) is 35.8 Å². The predicted octanol–water partition coefficient (Wildman–Crippen LogP) is 3.41. The first-order valence-corrected chi connectivity index (χ1v) is 14.1. The molecule has 5 rings (SSSR count). The second-order valence-corrected chi connectivity index (χ2v) is 12.4. The van der Waals surface area contributed by atoms with Gasteiger partial charge in [-0.3, -0.25) is 14.4 Å². The number of rotatable bonds is 4. The number of anilines is 1. The highest BCUT2D eigenvalue weighted by Crippen LogP contribution is 2.61. The van der Waals surface area contributed by atoms with Crippen LogP contribution in [0.5, 0.6) is 0 Å². The zero-order chi connectivity index (χ0) is 26.5. The third-order valence-electron chi connectivity index (χ3n) is 8.26. The van der Waals surface area contributed by atoms with E-state index in [1.54, 1.807) is 9.80 Å². The number of nitrogens with zero attached hydrogens (tertiary/aromatic N) is 2. The number of fused-ring (bicyclic) bond motifs is 2. The zero-order valence-electron chi connectivity index (χ0n) is 21.9. The fraction of sp³-hybridized carbons (Fsp3) is 0.552. The molecule has 4 aliphatic heterocycles. The van der Waals surface area contributed by atoms with E-state index in [0.717, 1.165) is 29.7 Å². The Morgan fingerprint density at radius 1 is 1.16 bits per heavy atom. The van der Waals surface area contributed by atoms with Crippen LogP contribution < -0.4 is 4.90 Å². The van der Waals surface area contributed by atoms with Crippen LogP contribution in [-0.2, 0) is 19.1 Å². The molecule has 1 N–H and O–H groups in total. The molecule has 0 aliphatic carbocycles. The topological polar surface area (TPSA) is 87.2 Å². The first-order chi connectivity index (χ1) is 17.7. The molecule has 1 aromatic carbocycles. The Morgan fingerprint density at radius 2 is 1.95 bits per heavy atom. The average molecular weight is 525 g/mol. The van der Waals surface area contributed by atoms with Crippen molar-refractivity contribution in [1.29, 1.82) is 0 Å². The molecule has 6 atom stereocenters. The fourth-order valence-corrected chi connectivity index (χ4v) is 8.38. The number of hydrogen-bond donors (Lipinski definition) is 1. The Kier molecular flexibility index (Phi) is 7.00. The van der Waals surface area contributed by atoms with Gasteiger partial charge in [-0.2, -0.15) is 0 Å². The summed E-state index contributed by atoms with van der Waals surface area (Å²) in [6.45, 7) is 8.30. The van der Waals surface area contributed by atoms with Crippen LogP contribution in [0.4, 0.5) is 5.69 Å². The smallest absolute Gasteiger partial charge is 0.311 e. The van der Waals surface area contributed by atoms with E-state index in [0.29, 0.717) is 13.2 Å². The monoisotopic (exact) mass is 524 g/mol. The number of benzene rings is 1. The van der Waals surface area contributed by atoms with E-state index < -0.39 is 28.7 Å². The van der Waals surface area contributed by atoms with Gasteiger partial charge in [-0.15, -0.1) is 11.8 Å². The summed E-state index contributed by atoms with van der Waals surface area (Å²) in [5, 5.41) is 10.1. The number of esters is 1. The lowest BCUT2D eigenvalue weighted by Gasteiger charge is -2.40. The van der Waals surface area contributed by atoms with Crippen molar-refractivity contribution in [3.8, 4) is 0 Å². The summed E-state index contributed by atoms with van der Waals surface area (Å²) in [7, 11) is 0. The largest absolute Gasteiger partial charge is 0.465 e. The number of aryl methyl sites for hydroxylation is 2. The summed E-state index contributed by atoms with van der Waals surface area (Å²) in [4.78, 5) is 45.6. The quantitative estimate of drug-likeness (QED) is 0.480. The second kappa shape index (κ2) is 9.95. The van der Waals surface area contributed by atoms with E-state index in [1.165, 1.54) is 11.8 Å². The van der Waals surface area contributed by atoms with Crippen LogP contribution in [0, 0.1) is 31.6 Å². The van der Waals surface area contributed by atoms with Gasteiger partial charge in [0.2, 0.25) is 5.91 Å². The minimum Gasteiger partial charge on any atom is -0.465 e. The number of hydrogen-bond acceptors (Lipinski definition) is 6. The minimum atomic E-state index is -0.930. The molecular formula is C29H36N2O5S. The molecule has 2 fully saturated rings. The second-order valence-electron chi connectivity index (χ2n) is 11.0. The van der Waals surface area contributed by atoms with Crippen LogP contribution in [0.3, 0.4) is 0 Å². The predicted molar refractivity (Wildman–Crippen MR) is 144 cm³/mol. The Labute approximate surface area is 222 Å². The molecule has 37 heavy (non-hydrogen) atoms. The molecule has 0 radical (unpaired) electrons. The van der Waals surface area contributed by atoms with E-state index in [9.17, 15) is 19.5 Å². The Hall–Kier alpha value is -2.58. The van der Waals surface area contributed by atoms with E-state index in [4.69, 9.17) is 4.74 Å². The maximum Gasteiger partial charge on any atom is 0.311 e. The molecule has 0 saturated carbocycles. The molecule has 8 heteroatoms. The Balaban J connectivity index is 1.67. The molecular weight excluding hydrogens is 488 g/mol. The molecule has 1 spiro atoms. The van der Waals surface area contributed by atoms with E-state index >= 15 is 0 Å². The van der Waals surface area contributed by atoms with Crippen molar-refractivity contribution < 1.29 is 24.2 Å². The summed E-state index contributed by atoms with van der Waals surface area (Å²) >= 11 is 1.53. The lowest BCUT2D eigenvalue weighted by molar-refractivity contribution is -0.153. The van der Waals surface area contributed by atoms with E-state index in [-0.39, 0.29) is 35.6 Å². The number of amides is 2. The van der Waals surface area contributed by atoms with Crippen molar-refractivity contribution in [2.45, 2.75) is 62.6 Å². The lowest BCUT2D eigenvalue weighted by Crippen LogP contribution is -2.57. The van der Waals surface area contributed by atoms with E-state index in [1.807, 2.05) is 64.1 Å². The first kappa shape index (κ1) is 26.0. The van der Waals surface area contributed by atoms with Crippen LogP contribution in [0.2, 0.25) is 0 Å². The minimum absolute atomic E-state index is 0.0767. The fourth-order valence-electron chi connectivity index (χ4n) is 6.40. The number of aliphatic hydroxyl groups is 1. The standard InChI is InChI=1S/C29H36N2O5S/c1-17(2)21(16-32)31-25-27(34)30(20-15-18(3)10-11-19(20)4)13-8-12-29(25)24(26(31)33)23-22(37-29)9-6-5-7-14-36-28(23)35/h6,8-12,15,17,21-25,32H,5,7,13-14,16H2,1-4H3/b9-6-/t21-,22+,23-,24-,25?,29-/m0/s1. The number of aliphatic hydroxyl groups excluding tert-OH is 1. The lowest BCUT2D eigenvalue weighted by atomic mass is 9.78. The normalized spacial score (nSPS) is 33.2. The number of cyclic esters (lactones) is 1. The van der Waals surface area contributed by atoms with Crippen LogP contribution in [0.25, 0.3) is 0 Å². The SMILES string of the molecule is Cc1ccc(C)c(N2CC=C[C@]34S[C@@H]5/C=C\CCCOC(=O)[C@@H]5[C@H]3C(=O)N([C@@H](CO)C(C)C)C4C2=O)c1. The van der Waals surface area contributed by atoms with Gasteiger partial charge in [-0.25, -0.2) is 0 Å². The molecule has 1 aromatic rings. The third-order valence-corrected chi connectivity index (χ3v) is 10.0. The summed E-state index contributed by atoms with van der Waals surface area (Å²) in [6, 6.07) is 4.64. The van der Waals surface area contributed by atoms with E-state index in [2.05, 4.69) is 6.08 Å². The van der Waals surface area contributed by atoms with Crippen molar-refractivity contribution in [2.24, 2.45) is 17.8 Å². The van der Waals surface area contributed by atoms with Gasteiger partial charge in [0.15, 0.2) is 0 Å². The highest BCUT2D eigenvalue weighted by atomic mass is 32.2. The van der Waals surface area contributed by atoms with Crippen LogP contribution >= 0.6 is 11.8 Å². The molecule has 7 nitrogen and oxygen atoms in total. The van der Waals surface area contributed by atoms with Crippen LogP contribution in [0.1, 0.15) is 37.8 Å². The third kappa shape index (κ3) is 4.13. The molecule has 198 valence electrons. The first-order valence-electron chi connectivity index (χ1n) is 13.2. The molecule has 4 heterocycles. The number of thioether (sulfide) groups is 1. The number of likely N-dealkylation sites (tertiary alicyclic amines) is 1. The zero-order valence-corrected chi connectivity index (χ0v) is 22.7. The average Bonchev–Trinajstić information content (AvgIpc) is 3.26. The maximum absolute atomic E-state index is 14.6. The van der Waals surface area contributed by atoms with Gasteiger partial charge in [-0.05, 0) is 49.8 Å². The molecule has 1 unspecified atom stereocenters.